The topological polar surface area (TPSA) is 74.9 Å². The van der Waals surface area contributed by atoms with Crippen molar-refractivity contribution in [2.24, 2.45) is 0 Å². The van der Waals surface area contributed by atoms with E-state index in [1.807, 2.05) is 0 Å². The van der Waals surface area contributed by atoms with Gasteiger partial charge in [0.25, 0.3) is 0 Å². The minimum absolute atomic E-state index is 0.685. The molecule has 12 heavy (non-hydrogen) atoms. The molecule has 1 rings (SSSR count). The number of nitrogens with zero attached hydrogens (tertiary/aromatic N) is 2. The lowest BCUT2D eigenvalue weighted by Crippen LogP contribution is -2.14. The smallest absolute Gasteiger partial charge is 0.419 e. The molecule has 0 saturated carbocycles. The molecule has 7 heteroatoms. The van der Waals surface area contributed by atoms with Crippen LogP contribution in [0.1, 0.15) is 5.56 Å². The van der Waals surface area contributed by atoms with Crippen molar-refractivity contribution in [3.63, 3.8) is 0 Å². The van der Waals surface area contributed by atoms with E-state index in [1.54, 1.807) is 0 Å². The molecule has 0 aliphatic carbocycles. The largest absolute Gasteiger partial charge is 0.857 e. The molecule has 0 saturated heterocycles. The fourth-order valence-electron chi connectivity index (χ4n) is 0.666. The summed E-state index contributed by atoms with van der Waals surface area (Å²) in [6.45, 7) is 0. The molecule has 0 aliphatic heterocycles. The molecule has 1 aromatic heterocycles. The summed E-state index contributed by atoms with van der Waals surface area (Å²) in [5, 5.41) is 16.2. The summed E-state index contributed by atoms with van der Waals surface area (Å²) in [6, 6.07) is 0. The molecule has 0 atom stereocenters. The number of hydrogen-bond donors (Lipinski definition) is 1. The molecule has 0 aromatic carbocycles. The van der Waals surface area contributed by atoms with Crippen LogP contribution in [0.15, 0.2) is 6.20 Å². The van der Waals surface area contributed by atoms with Gasteiger partial charge < -0.3 is 10.8 Å². The van der Waals surface area contributed by atoms with E-state index in [4.69, 9.17) is 5.73 Å². The lowest BCUT2D eigenvalue weighted by atomic mass is 10.2. The van der Waals surface area contributed by atoms with Crippen molar-refractivity contribution in [1.82, 2.24) is 10.2 Å². The van der Waals surface area contributed by atoms with Crippen LogP contribution in [-0.4, -0.2) is 10.2 Å². The quantitative estimate of drug-likeness (QED) is 0.613. The van der Waals surface area contributed by atoms with Gasteiger partial charge in [-0.05, 0) is 0 Å². The molecule has 1 heterocycles. The number of alkyl halides is 3. The molecule has 0 spiro atoms. The highest BCUT2D eigenvalue weighted by atomic mass is 19.4. The molecule has 2 N–H and O–H groups in total. The first-order valence-electron chi connectivity index (χ1n) is 2.78. The molecular weight excluding hydrogens is 175 g/mol. The summed E-state index contributed by atoms with van der Waals surface area (Å²) in [4.78, 5) is 0. The van der Waals surface area contributed by atoms with Crippen molar-refractivity contribution >= 4 is 5.69 Å². The van der Waals surface area contributed by atoms with Crippen molar-refractivity contribution in [2.75, 3.05) is 5.73 Å². The summed E-state index contributed by atoms with van der Waals surface area (Å²) in [7, 11) is 0. The number of halogens is 3. The Hall–Kier alpha value is -1.53. The molecule has 4 nitrogen and oxygen atoms in total. The van der Waals surface area contributed by atoms with Gasteiger partial charge in [0.2, 0.25) is 0 Å². The summed E-state index contributed by atoms with van der Waals surface area (Å²) < 4.78 is 35.9. The average Bonchev–Trinajstić information content (AvgIpc) is 1.82. The van der Waals surface area contributed by atoms with E-state index in [-0.39, 0.29) is 0 Å². The molecule has 66 valence electrons. The third-order valence-electron chi connectivity index (χ3n) is 1.13. The highest BCUT2D eigenvalue weighted by Crippen LogP contribution is 2.36. The first-order chi connectivity index (χ1) is 5.43. The van der Waals surface area contributed by atoms with E-state index >= 15 is 0 Å². The van der Waals surface area contributed by atoms with E-state index < -0.39 is 23.3 Å². The minimum atomic E-state index is -4.77. The van der Waals surface area contributed by atoms with Crippen LogP contribution in [0.25, 0.3) is 0 Å². The lowest BCUT2D eigenvalue weighted by Gasteiger charge is -2.15. The van der Waals surface area contributed by atoms with E-state index in [2.05, 4.69) is 10.2 Å². The molecule has 0 fully saturated rings. The minimum Gasteiger partial charge on any atom is -0.857 e. The number of aromatic nitrogens is 2. The standard InChI is InChI=1S/C5H4F3N3O/c6-5(7,8)3-2(9)1-10-11-4(3)12/h1H,(H3,9,11,12)/p-1. The molecule has 0 bridgehead atoms. The predicted molar refractivity (Wildman–Crippen MR) is 30.9 cm³/mol. The molecular formula is C5H3F3N3O-. The van der Waals surface area contributed by atoms with Crippen LogP contribution in [0.3, 0.4) is 0 Å². The molecule has 0 unspecified atom stereocenters. The Labute approximate surface area is 64.8 Å². The van der Waals surface area contributed by atoms with Crippen molar-refractivity contribution in [3.05, 3.63) is 11.8 Å². The Bertz CT molecular complexity index is 278. The Kier molecular flexibility index (Phi) is 1.79. The van der Waals surface area contributed by atoms with Gasteiger partial charge in [0.1, 0.15) is 0 Å². The van der Waals surface area contributed by atoms with E-state index in [0.29, 0.717) is 6.20 Å². The zero-order valence-corrected chi connectivity index (χ0v) is 5.59. The Morgan fingerprint density at radius 1 is 1.42 bits per heavy atom. The lowest BCUT2D eigenvalue weighted by molar-refractivity contribution is -0.283. The van der Waals surface area contributed by atoms with Gasteiger partial charge in [0.05, 0.1) is 17.4 Å². The van der Waals surface area contributed by atoms with E-state index in [1.165, 1.54) is 0 Å². The average molecular weight is 178 g/mol. The third-order valence-corrected chi connectivity index (χ3v) is 1.13. The fourth-order valence-corrected chi connectivity index (χ4v) is 0.666. The predicted octanol–water partition coefficient (Wildman–Crippen LogP) is 0.151. The van der Waals surface area contributed by atoms with Gasteiger partial charge >= 0.3 is 6.18 Å². The van der Waals surface area contributed by atoms with Crippen molar-refractivity contribution in [1.29, 1.82) is 0 Å². The number of hydrogen-bond acceptors (Lipinski definition) is 4. The Balaban J connectivity index is 3.31. The zero-order chi connectivity index (χ0) is 9.35. The highest BCUT2D eigenvalue weighted by Gasteiger charge is 2.34. The van der Waals surface area contributed by atoms with Crippen LogP contribution >= 0.6 is 0 Å². The summed E-state index contributed by atoms with van der Waals surface area (Å²) in [5.41, 5.74) is 2.72. The fraction of sp³-hybridized carbons (Fsp3) is 0.200. The van der Waals surface area contributed by atoms with Crippen LogP contribution in [-0.2, 0) is 6.18 Å². The van der Waals surface area contributed by atoms with Crippen molar-refractivity contribution < 1.29 is 18.3 Å². The van der Waals surface area contributed by atoms with Crippen LogP contribution in [0.5, 0.6) is 5.88 Å². The monoisotopic (exact) mass is 178 g/mol. The van der Waals surface area contributed by atoms with Gasteiger partial charge in [0, 0.05) is 5.88 Å². The summed E-state index contributed by atoms with van der Waals surface area (Å²) in [5.74, 6) is -1.46. The molecule has 0 amide bonds. The summed E-state index contributed by atoms with van der Waals surface area (Å²) >= 11 is 0. The third kappa shape index (κ3) is 1.39. The zero-order valence-electron chi connectivity index (χ0n) is 5.59. The SMILES string of the molecule is Nc1cnnc([O-])c1C(F)(F)F. The maximum atomic E-state index is 12.0. The second-order valence-electron chi connectivity index (χ2n) is 1.98. The van der Waals surface area contributed by atoms with Crippen LogP contribution in [0, 0.1) is 0 Å². The second kappa shape index (κ2) is 2.50. The van der Waals surface area contributed by atoms with Gasteiger partial charge in [-0.25, -0.2) is 0 Å². The van der Waals surface area contributed by atoms with E-state index in [9.17, 15) is 18.3 Å². The van der Waals surface area contributed by atoms with Gasteiger partial charge in [-0.3, -0.25) is 0 Å². The van der Waals surface area contributed by atoms with Crippen LogP contribution < -0.4 is 10.8 Å². The maximum Gasteiger partial charge on any atom is 0.419 e. The normalized spacial score (nSPS) is 11.6. The molecule has 0 aliphatic rings. The maximum absolute atomic E-state index is 12.0. The first-order valence-corrected chi connectivity index (χ1v) is 2.78. The second-order valence-corrected chi connectivity index (χ2v) is 1.98. The van der Waals surface area contributed by atoms with Crippen molar-refractivity contribution in [2.45, 2.75) is 6.18 Å². The number of nitrogen functional groups attached to an aromatic ring is 1. The van der Waals surface area contributed by atoms with E-state index in [0.717, 1.165) is 0 Å². The highest BCUT2D eigenvalue weighted by molar-refractivity contribution is 5.49. The van der Waals surface area contributed by atoms with Crippen LogP contribution in [0.4, 0.5) is 18.9 Å². The first kappa shape index (κ1) is 8.57. The van der Waals surface area contributed by atoms with Crippen molar-refractivity contribution in [3.8, 4) is 5.88 Å². The van der Waals surface area contributed by atoms with Gasteiger partial charge in [-0.1, -0.05) is 0 Å². The van der Waals surface area contributed by atoms with Gasteiger partial charge in [-0.15, -0.1) is 0 Å². The molecule has 1 aromatic rings. The van der Waals surface area contributed by atoms with Crippen LogP contribution in [0.2, 0.25) is 0 Å². The van der Waals surface area contributed by atoms with Gasteiger partial charge in [0.15, 0.2) is 0 Å². The number of anilines is 1. The Morgan fingerprint density at radius 2 is 2.00 bits per heavy atom. The molecule has 0 radical (unpaired) electrons. The Morgan fingerprint density at radius 3 is 2.33 bits per heavy atom. The van der Waals surface area contributed by atoms with Gasteiger partial charge in [-0.2, -0.15) is 23.4 Å². The summed E-state index contributed by atoms with van der Waals surface area (Å²) in [6.07, 6.45) is -4.08. The number of nitrogens with two attached hydrogens (primary N) is 1. The number of rotatable bonds is 0.